The normalized spacial score (nSPS) is 20.8. The number of pyridine rings is 1. The number of nitrogens with zero attached hydrogens (tertiary/aromatic N) is 4. The van der Waals surface area contributed by atoms with E-state index in [1.807, 2.05) is 31.3 Å². The van der Waals surface area contributed by atoms with Gasteiger partial charge in [-0.15, -0.1) is 0 Å². The zero-order valence-electron chi connectivity index (χ0n) is 14.4. The molecule has 2 rings (SSSR count). The van der Waals surface area contributed by atoms with Crippen molar-refractivity contribution in [2.45, 2.75) is 39.2 Å². The van der Waals surface area contributed by atoms with Gasteiger partial charge in [-0.1, -0.05) is 6.07 Å². The summed E-state index contributed by atoms with van der Waals surface area (Å²) in [6.45, 7) is 8.88. The molecule has 126 valence electrons. The lowest BCUT2D eigenvalue weighted by molar-refractivity contribution is 0.278. The molecule has 0 spiro atoms. The van der Waals surface area contributed by atoms with Gasteiger partial charge in [0.1, 0.15) is 0 Å². The Morgan fingerprint density at radius 2 is 2.17 bits per heavy atom. The molecule has 1 aliphatic rings. The van der Waals surface area contributed by atoms with Crippen LogP contribution in [0.1, 0.15) is 50.5 Å². The molecule has 2 N–H and O–H groups in total. The number of nitrogens with two attached hydrogens (primary N) is 1. The molecule has 1 atom stereocenters. The quantitative estimate of drug-likeness (QED) is 0.931. The Labute approximate surface area is 139 Å². The molecule has 0 amide bonds. The van der Waals surface area contributed by atoms with Gasteiger partial charge in [-0.25, -0.2) is 4.98 Å². The fourth-order valence-corrected chi connectivity index (χ4v) is 2.71. The van der Waals surface area contributed by atoms with Crippen molar-refractivity contribution in [1.29, 1.82) is 0 Å². The predicted molar refractivity (Wildman–Crippen MR) is 97.6 cm³/mol. The van der Waals surface area contributed by atoms with E-state index < -0.39 is 0 Å². The summed E-state index contributed by atoms with van der Waals surface area (Å²) < 4.78 is 0. The van der Waals surface area contributed by atoms with E-state index in [1.165, 1.54) is 0 Å². The summed E-state index contributed by atoms with van der Waals surface area (Å²) in [6.07, 6.45) is 5.12. The molecular formula is C18H29N5. The van der Waals surface area contributed by atoms with Gasteiger partial charge in [-0.2, -0.15) is 0 Å². The smallest absolute Gasteiger partial charge is 0.0887 e. The molecule has 23 heavy (non-hydrogen) atoms. The molecule has 0 saturated heterocycles. The maximum atomic E-state index is 5.64. The standard InChI is InChI=1S/C18H29N5/c1-15-17-7-3-8-18(22-17)16(2)21-11-6-14-23(12-4-9-19)13-5-10-20-15/h3,7-8,10,15H,4-6,9,11-14,19H2,1-2H3. The van der Waals surface area contributed by atoms with Crippen LogP contribution in [-0.4, -0.2) is 54.5 Å². The van der Waals surface area contributed by atoms with E-state index in [0.717, 1.165) is 69.1 Å². The fourth-order valence-electron chi connectivity index (χ4n) is 2.71. The van der Waals surface area contributed by atoms with E-state index in [0.29, 0.717) is 0 Å². The number of hydrogen-bond donors (Lipinski definition) is 1. The van der Waals surface area contributed by atoms with Crippen LogP contribution in [0, 0.1) is 0 Å². The summed E-state index contributed by atoms with van der Waals surface area (Å²) in [5.74, 6) is 0. The van der Waals surface area contributed by atoms with Crippen LogP contribution in [0.15, 0.2) is 28.2 Å². The van der Waals surface area contributed by atoms with Gasteiger partial charge in [0, 0.05) is 19.3 Å². The number of hydrogen-bond acceptors (Lipinski definition) is 5. The minimum atomic E-state index is 0.0863. The van der Waals surface area contributed by atoms with Crippen molar-refractivity contribution in [2.75, 3.05) is 32.7 Å². The molecule has 0 saturated carbocycles. The first-order chi connectivity index (χ1) is 11.2. The van der Waals surface area contributed by atoms with E-state index in [2.05, 4.69) is 21.8 Å². The molecule has 0 fully saturated rings. The van der Waals surface area contributed by atoms with Crippen LogP contribution in [0.25, 0.3) is 0 Å². The van der Waals surface area contributed by atoms with Crippen molar-refractivity contribution in [3.8, 4) is 0 Å². The Balaban J connectivity index is 2.13. The van der Waals surface area contributed by atoms with Crippen LogP contribution in [-0.2, 0) is 0 Å². The van der Waals surface area contributed by atoms with Gasteiger partial charge in [-0.05, 0) is 64.9 Å². The highest BCUT2D eigenvalue weighted by Crippen LogP contribution is 2.15. The molecule has 2 bridgehead atoms. The maximum Gasteiger partial charge on any atom is 0.0887 e. The van der Waals surface area contributed by atoms with Crippen molar-refractivity contribution >= 4 is 11.9 Å². The van der Waals surface area contributed by atoms with Crippen LogP contribution in [0.3, 0.4) is 0 Å². The van der Waals surface area contributed by atoms with Gasteiger partial charge in [0.05, 0.1) is 23.1 Å². The third-order valence-corrected chi connectivity index (χ3v) is 4.13. The molecule has 1 unspecified atom stereocenters. The van der Waals surface area contributed by atoms with Gasteiger partial charge in [0.25, 0.3) is 0 Å². The molecule has 1 aromatic heterocycles. The minimum absolute atomic E-state index is 0.0863. The Bertz CT molecular complexity index is 538. The van der Waals surface area contributed by atoms with Crippen LogP contribution in [0.2, 0.25) is 0 Å². The van der Waals surface area contributed by atoms with E-state index in [4.69, 9.17) is 10.7 Å². The summed E-state index contributed by atoms with van der Waals surface area (Å²) in [5, 5.41) is 0. The summed E-state index contributed by atoms with van der Waals surface area (Å²) >= 11 is 0. The Kier molecular flexibility index (Phi) is 7.36. The number of aliphatic imine (C=N–C) groups is 2. The van der Waals surface area contributed by atoms with E-state index >= 15 is 0 Å². The lowest BCUT2D eigenvalue weighted by atomic mass is 10.2. The molecule has 0 radical (unpaired) electrons. The maximum absolute atomic E-state index is 5.64. The molecule has 2 heterocycles. The second-order valence-corrected chi connectivity index (χ2v) is 6.05. The number of aromatic nitrogens is 1. The summed E-state index contributed by atoms with van der Waals surface area (Å²) in [6, 6.07) is 6.20. The zero-order chi connectivity index (χ0) is 16.5. The first kappa shape index (κ1) is 17.8. The topological polar surface area (TPSA) is 66.9 Å². The van der Waals surface area contributed by atoms with Gasteiger partial charge in [0.2, 0.25) is 0 Å². The zero-order valence-corrected chi connectivity index (χ0v) is 14.4. The molecule has 0 aromatic carbocycles. The average Bonchev–Trinajstić information content (AvgIpc) is 2.58. The lowest BCUT2D eigenvalue weighted by Gasteiger charge is -2.21. The second-order valence-electron chi connectivity index (χ2n) is 6.05. The minimum Gasteiger partial charge on any atom is -0.330 e. The Morgan fingerprint density at radius 3 is 3.00 bits per heavy atom. The fraction of sp³-hybridized carbons (Fsp3) is 0.611. The highest BCUT2D eigenvalue weighted by molar-refractivity contribution is 5.96. The van der Waals surface area contributed by atoms with Crippen molar-refractivity contribution < 1.29 is 0 Å². The summed E-state index contributed by atoms with van der Waals surface area (Å²) in [7, 11) is 0. The largest absolute Gasteiger partial charge is 0.330 e. The number of rotatable bonds is 3. The first-order valence-corrected chi connectivity index (χ1v) is 8.63. The molecule has 1 aromatic rings. The van der Waals surface area contributed by atoms with Crippen molar-refractivity contribution in [3.63, 3.8) is 0 Å². The molecule has 1 aliphatic heterocycles. The van der Waals surface area contributed by atoms with Crippen LogP contribution in [0.5, 0.6) is 0 Å². The number of fused-ring (bicyclic) bond motifs is 2. The first-order valence-electron chi connectivity index (χ1n) is 8.63. The van der Waals surface area contributed by atoms with Crippen molar-refractivity contribution in [2.24, 2.45) is 15.7 Å². The highest BCUT2D eigenvalue weighted by atomic mass is 15.1. The van der Waals surface area contributed by atoms with Crippen molar-refractivity contribution in [3.05, 3.63) is 29.6 Å². The molecule has 5 heteroatoms. The monoisotopic (exact) mass is 315 g/mol. The van der Waals surface area contributed by atoms with Crippen LogP contribution < -0.4 is 5.73 Å². The van der Waals surface area contributed by atoms with Crippen molar-refractivity contribution in [1.82, 2.24) is 9.88 Å². The summed E-state index contributed by atoms with van der Waals surface area (Å²) in [4.78, 5) is 16.5. The third-order valence-electron chi connectivity index (χ3n) is 4.13. The highest BCUT2D eigenvalue weighted by Gasteiger charge is 2.08. The van der Waals surface area contributed by atoms with E-state index in [-0.39, 0.29) is 6.04 Å². The molecule has 5 nitrogen and oxygen atoms in total. The van der Waals surface area contributed by atoms with Crippen LogP contribution >= 0.6 is 0 Å². The summed E-state index contributed by atoms with van der Waals surface area (Å²) in [5.41, 5.74) is 8.62. The molecule has 0 aliphatic carbocycles. The van der Waals surface area contributed by atoms with Gasteiger partial charge < -0.3 is 10.6 Å². The van der Waals surface area contributed by atoms with Gasteiger partial charge in [0.15, 0.2) is 0 Å². The van der Waals surface area contributed by atoms with Gasteiger partial charge in [-0.3, -0.25) is 9.98 Å². The molecular weight excluding hydrogens is 286 g/mol. The lowest BCUT2D eigenvalue weighted by Crippen LogP contribution is -2.29. The second kappa shape index (κ2) is 9.53. The SMILES string of the molecule is CC1=NCCCN(CCCN)CCC=NC(C)c2cccc1n2. The van der Waals surface area contributed by atoms with E-state index in [1.54, 1.807) is 0 Å². The van der Waals surface area contributed by atoms with E-state index in [9.17, 15) is 0 Å². The van der Waals surface area contributed by atoms with Crippen LogP contribution in [0.4, 0.5) is 0 Å². The average molecular weight is 315 g/mol. The van der Waals surface area contributed by atoms with Gasteiger partial charge >= 0.3 is 0 Å². The Morgan fingerprint density at radius 1 is 1.30 bits per heavy atom. The Hall–Kier alpha value is -1.59. The third kappa shape index (κ3) is 5.84. The predicted octanol–water partition coefficient (Wildman–Crippen LogP) is 2.47.